The number of nitrogens with zero attached hydrogens (tertiary/aromatic N) is 1. The van der Waals surface area contributed by atoms with Crippen molar-refractivity contribution in [2.45, 2.75) is 19.8 Å². The van der Waals surface area contributed by atoms with Crippen LogP contribution in [0.2, 0.25) is 0 Å². The van der Waals surface area contributed by atoms with E-state index in [0.717, 1.165) is 24.1 Å². The normalized spacial score (nSPS) is 12.6. The highest BCUT2D eigenvalue weighted by Gasteiger charge is 2.24. The first-order valence-corrected chi connectivity index (χ1v) is 10.7. The molecule has 168 valence electrons. The Morgan fingerprint density at radius 1 is 0.939 bits per heavy atom. The summed E-state index contributed by atoms with van der Waals surface area (Å²) < 4.78 is 18.2. The summed E-state index contributed by atoms with van der Waals surface area (Å²) in [4.78, 5) is 39.1. The third-order valence-electron chi connectivity index (χ3n) is 5.45. The van der Waals surface area contributed by atoms with Crippen LogP contribution in [0.5, 0.6) is 0 Å². The number of anilines is 2. The van der Waals surface area contributed by atoms with Crippen molar-refractivity contribution in [1.29, 1.82) is 0 Å². The van der Waals surface area contributed by atoms with Crippen molar-refractivity contribution < 1.29 is 23.5 Å². The Kier molecular flexibility index (Phi) is 6.49. The van der Waals surface area contributed by atoms with Gasteiger partial charge in [-0.1, -0.05) is 0 Å². The largest absolute Gasteiger partial charge is 0.462 e. The van der Waals surface area contributed by atoms with Gasteiger partial charge in [0.25, 0.3) is 11.8 Å². The average molecular weight is 446 g/mol. The second-order valence-corrected chi connectivity index (χ2v) is 7.66. The molecule has 0 aromatic heterocycles. The highest BCUT2D eigenvalue weighted by Crippen LogP contribution is 2.30. The van der Waals surface area contributed by atoms with Gasteiger partial charge in [-0.2, -0.15) is 0 Å². The number of rotatable bonds is 5. The Bertz CT molecular complexity index is 1190. The van der Waals surface area contributed by atoms with Crippen molar-refractivity contribution in [2.75, 3.05) is 23.4 Å². The van der Waals surface area contributed by atoms with Crippen LogP contribution in [-0.2, 0) is 11.2 Å². The van der Waals surface area contributed by atoms with E-state index in [1.807, 2.05) is 0 Å². The predicted molar refractivity (Wildman–Crippen MR) is 123 cm³/mol. The first-order chi connectivity index (χ1) is 16.0. The summed E-state index contributed by atoms with van der Waals surface area (Å²) in [5.41, 5.74) is 3.51. The van der Waals surface area contributed by atoms with E-state index in [-0.39, 0.29) is 11.8 Å². The van der Waals surface area contributed by atoms with Gasteiger partial charge in [0.1, 0.15) is 5.82 Å². The molecule has 0 fully saturated rings. The Labute approximate surface area is 191 Å². The molecule has 2 amide bonds. The lowest BCUT2D eigenvalue weighted by atomic mass is 9.98. The van der Waals surface area contributed by atoms with Crippen LogP contribution in [0.1, 0.15) is 50.0 Å². The van der Waals surface area contributed by atoms with Crippen molar-refractivity contribution in [3.63, 3.8) is 0 Å². The number of hydrogen-bond donors (Lipinski definition) is 1. The predicted octanol–water partition coefficient (Wildman–Crippen LogP) is 4.85. The first-order valence-electron chi connectivity index (χ1n) is 10.7. The fourth-order valence-electron chi connectivity index (χ4n) is 3.80. The molecular weight excluding hydrogens is 423 g/mol. The molecule has 0 unspecified atom stereocenters. The maximum Gasteiger partial charge on any atom is 0.338 e. The first kappa shape index (κ1) is 22.2. The molecule has 7 heteroatoms. The number of fused-ring (bicyclic) bond motifs is 1. The van der Waals surface area contributed by atoms with E-state index in [2.05, 4.69) is 5.32 Å². The molecule has 3 aromatic rings. The highest BCUT2D eigenvalue weighted by molar-refractivity contribution is 6.08. The molecule has 1 aliphatic rings. The fraction of sp³-hybridized carbons (Fsp3) is 0.192. The lowest BCUT2D eigenvalue weighted by molar-refractivity contribution is 0.0526. The number of amides is 2. The summed E-state index contributed by atoms with van der Waals surface area (Å²) in [6.45, 7) is 2.59. The Balaban J connectivity index is 1.49. The van der Waals surface area contributed by atoms with Crippen molar-refractivity contribution in [3.05, 3.63) is 94.8 Å². The zero-order valence-corrected chi connectivity index (χ0v) is 18.1. The molecule has 33 heavy (non-hydrogen) atoms. The monoisotopic (exact) mass is 446 g/mol. The third-order valence-corrected chi connectivity index (χ3v) is 5.45. The van der Waals surface area contributed by atoms with E-state index < -0.39 is 11.8 Å². The third kappa shape index (κ3) is 4.92. The van der Waals surface area contributed by atoms with Gasteiger partial charge in [0.2, 0.25) is 0 Å². The van der Waals surface area contributed by atoms with Crippen LogP contribution in [0.4, 0.5) is 15.8 Å². The van der Waals surface area contributed by atoms with Crippen LogP contribution in [0.15, 0.2) is 66.7 Å². The molecule has 0 radical (unpaired) electrons. The molecule has 0 atom stereocenters. The van der Waals surface area contributed by atoms with E-state index in [0.29, 0.717) is 35.5 Å². The van der Waals surface area contributed by atoms with Gasteiger partial charge in [-0.25, -0.2) is 9.18 Å². The lowest BCUT2D eigenvalue weighted by Gasteiger charge is -2.30. The Morgan fingerprint density at radius 2 is 1.61 bits per heavy atom. The minimum Gasteiger partial charge on any atom is -0.462 e. The van der Waals surface area contributed by atoms with Crippen LogP contribution in [0.3, 0.4) is 0 Å². The topological polar surface area (TPSA) is 75.7 Å². The van der Waals surface area contributed by atoms with Gasteiger partial charge in [0.05, 0.1) is 12.2 Å². The standard InChI is InChI=1S/C26H23FN2O4/c1-2-33-26(32)18-7-12-22(13-8-18)28-24(30)20-9-14-23-19(16-20)4-3-15-29(23)25(31)17-5-10-21(27)11-6-17/h5-14,16H,2-4,15H2,1H3,(H,28,30). The summed E-state index contributed by atoms with van der Waals surface area (Å²) in [5.74, 6) is -1.29. The molecular formula is C26H23FN2O4. The summed E-state index contributed by atoms with van der Waals surface area (Å²) in [7, 11) is 0. The molecule has 0 aliphatic carbocycles. The van der Waals surface area contributed by atoms with Gasteiger partial charge in [-0.3, -0.25) is 9.59 Å². The van der Waals surface area contributed by atoms with Crippen molar-refractivity contribution in [3.8, 4) is 0 Å². The van der Waals surface area contributed by atoms with Gasteiger partial charge in [-0.05, 0) is 92.1 Å². The minimum absolute atomic E-state index is 0.199. The van der Waals surface area contributed by atoms with Gasteiger partial charge >= 0.3 is 5.97 Å². The van der Waals surface area contributed by atoms with E-state index in [9.17, 15) is 18.8 Å². The van der Waals surface area contributed by atoms with Crippen LogP contribution in [0.25, 0.3) is 0 Å². The average Bonchev–Trinajstić information content (AvgIpc) is 2.84. The number of ether oxygens (including phenoxy) is 1. The number of nitrogens with one attached hydrogen (secondary N) is 1. The minimum atomic E-state index is -0.412. The molecule has 6 nitrogen and oxygen atoms in total. The molecule has 1 aliphatic heterocycles. The molecule has 0 saturated heterocycles. The van der Waals surface area contributed by atoms with Crippen LogP contribution >= 0.6 is 0 Å². The van der Waals surface area contributed by atoms with E-state index >= 15 is 0 Å². The molecule has 3 aromatic carbocycles. The summed E-state index contributed by atoms with van der Waals surface area (Å²) in [5, 5.41) is 2.82. The SMILES string of the molecule is CCOC(=O)c1ccc(NC(=O)c2ccc3c(c2)CCCN3C(=O)c2ccc(F)cc2)cc1. The van der Waals surface area contributed by atoms with Gasteiger partial charge in [0.15, 0.2) is 0 Å². The van der Waals surface area contributed by atoms with Gasteiger partial charge < -0.3 is 15.0 Å². The maximum atomic E-state index is 13.2. The number of carbonyl (C=O) groups is 3. The molecule has 1 heterocycles. The van der Waals surface area contributed by atoms with E-state index in [1.54, 1.807) is 54.3 Å². The lowest BCUT2D eigenvalue weighted by Crippen LogP contribution is -2.35. The van der Waals surface area contributed by atoms with Crippen LogP contribution < -0.4 is 10.2 Å². The second-order valence-electron chi connectivity index (χ2n) is 7.66. The molecule has 4 rings (SSSR count). The van der Waals surface area contributed by atoms with Crippen molar-refractivity contribution in [2.24, 2.45) is 0 Å². The summed E-state index contributed by atoms with van der Waals surface area (Å²) in [6, 6.07) is 17.2. The maximum absolute atomic E-state index is 13.2. The number of halogens is 1. The fourth-order valence-corrected chi connectivity index (χ4v) is 3.80. The van der Waals surface area contributed by atoms with Crippen LogP contribution in [-0.4, -0.2) is 30.9 Å². The summed E-state index contributed by atoms with van der Waals surface area (Å²) >= 11 is 0. The van der Waals surface area contributed by atoms with Crippen molar-refractivity contribution in [1.82, 2.24) is 0 Å². The van der Waals surface area contributed by atoms with Crippen molar-refractivity contribution >= 4 is 29.2 Å². The van der Waals surface area contributed by atoms with E-state index in [4.69, 9.17) is 4.74 Å². The number of hydrogen-bond acceptors (Lipinski definition) is 4. The van der Waals surface area contributed by atoms with Crippen LogP contribution in [0, 0.1) is 5.82 Å². The molecule has 1 N–H and O–H groups in total. The molecule has 0 spiro atoms. The van der Waals surface area contributed by atoms with Gasteiger partial charge in [0, 0.05) is 29.0 Å². The highest BCUT2D eigenvalue weighted by atomic mass is 19.1. The number of carbonyl (C=O) groups excluding carboxylic acids is 3. The second kappa shape index (κ2) is 9.65. The molecule has 0 bridgehead atoms. The number of benzene rings is 3. The smallest absolute Gasteiger partial charge is 0.338 e. The Morgan fingerprint density at radius 3 is 2.30 bits per heavy atom. The quantitative estimate of drug-likeness (QED) is 0.569. The number of aryl methyl sites for hydroxylation is 1. The summed E-state index contributed by atoms with van der Waals surface area (Å²) in [6.07, 6.45) is 1.51. The van der Waals surface area contributed by atoms with E-state index in [1.165, 1.54) is 24.3 Å². The molecule has 0 saturated carbocycles. The number of esters is 1. The Hall–Kier alpha value is -4.00. The zero-order chi connectivity index (χ0) is 23.4. The zero-order valence-electron chi connectivity index (χ0n) is 18.1. The van der Waals surface area contributed by atoms with Gasteiger partial charge in [-0.15, -0.1) is 0 Å².